The van der Waals surface area contributed by atoms with Crippen molar-refractivity contribution in [3.63, 3.8) is 0 Å². The largest absolute Gasteiger partial charge is 0.416 e. The molecule has 1 aliphatic rings. The molecule has 1 amide bonds. The molecule has 1 unspecified atom stereocenters. The monoisotopic (exact) mass is 427 g/mol. The highest BCUT2D eigenvalue weighted by atomic mass is 19.4. The van der Waals surface area contributed by atoms with Gasteiger partial charge in [-0.3, -0.25) is 14.7 Å². The van der Waals surface area contributed by atoms with E-state index in [9.17, 15) is 18.0 Å². The highest BCUT2D eigenvalue weighted by molar-refractivity contribution is 5.81. The highest BCUT2D eigenvalue weighted by Crippen LogP contribution is 2.29. The van der Waals surface area contributed by atoms with Gasteiger partial charge in [0.05, 0.1) is 12.1 Å². The van der Waals surface area contributed by atoms with Gasteiger partial charge in [-0.05, 0) is 37.5 Å². The van der Waals surface area contributed by atoms with Crippen molar-refractivity contribution in [1.29, 1.82) is 0 Å². The lowest BCUT2D eigenvalue weighted by atomic mass is 10.1. The topological polar surface area (TPSA) is 68.8 Å². The molecule has 1 aliphatic heterocycles. The number of hydrogen-bond donors (Lipinski definition) is 3. The summed E-state index contributed by atoms with van der Waals surface area (Å²) in [7, 11) is 0. The minimum Gasteiger partial charge on any atom is -0.357 e. The Balaban J connectivity index is 1.81. The Labute approximate surface area is 176 Å². The molecule has 1 aromatic rings. The fraction of sp³-hybridized carbons (Fsp3) is 0.619. The number of carbonyl (C=O) groups is 1. The predicted molar refractivity (Wildman–Crippen MR) is 112 cm³/mol. The van der Waals surface area contributed by atoms with Gasteiger partial charge in [0.15, 0.2) is 5.96 Å². The SMILES string of the molecule is CCCNC(=O)CCN=C(NCC)NC1CCN(Cc2ccc(C(F)(F)F)cc2)C1. The molecule has 1 atom stereocenters. The van der Waals surface area contributed by atoms with E-state index in [0.29, 0.717) is 32.0 Å². The number of rotatable bonds is 9. The van der Waals surface area contributed by atoms with E-state index in [1.54, 1.807) is 12.1 Å². The molecule has 168 valence electrons. The van der Waals surface area contributed by atoms with Crippen LogP contribution in [0.2, 0.25) is 0 Å². The van der Waals surface area contributed by atoms with Crippen LogP contribution in [0.3, 0.4) is 0 Å². The lowest BCUT2D eigenvalue weighted by molar-refractivity contribution is -0.137. The van der Waals surface area contributed by atoms with Crippen molar-refractivity contribution in [2.24, 2.45) is 4.99 Å². The van der Waals surface area contributed by atoms with Crippen LogP contribution in [0.15, 0.2) is 29.3 Å². The lowest BCUT2D eigenvalue weighted by Crippen LogP contribution is -2.44. The molecular formula is C21H32F3N5O. The van der Waals surface area contributed by atoms with E-state index in [2.05, 4.69) is 25.8 Å². The fourth-order valence-corrected chi connectivity index (χ4v) is 3.29. The summed E-state index contributed by atoms with van der Waals surface area (Å²) in [6.07, 6.45) is -2.13. The first-order valence-corrected chi connectivity index (χ1v) is 10.5. The van der Waals surface area contributed by atoms with Crippen molar-refractivity contribution in [3.05, 3.63) is 35.4 Å². The molecule has 0 aliphatic carbocycles. The van der Waals surface area contributed by atoms with Crippen LogP contribution < -0.4 is 16.0 Å². The Morgan fingerprint density at radius 2 is 1.93 bits per heavy atom. The number of nitrogens with zero attached hydrogens (tertiary/aromatic N) is 2. The fourth-order valence-electron chi connectivity index (χ4n) is 3.29. The molecule has 0 bridgehead atoms. The molecule has 6 nitrogen and oxygen atoms in total. The summed E-state index contributed by atoms with van der Waals surface area (Å²) >= 11 is 0. The van der Waals surface area contributed by atoms with Gasteiger partial charge in [0, 0.05) is 45.2 Å². The molecule has 0 saturated carbocycles. The second-order valence-electron chi connectivity index (χ2n) is 7.42. The second kappa shape index (κ2) is 11.8. The third-order valence-corrected chi connectivity index (χ3v) is 4.83. The van der Waals surface area contributed by atoms with Crippen molar-refractivity contribution < 1.29 is 18.0 Å². The molecule has 0 radical (unpaired) electrons. The van der Waals surface area contributed by atoms with Crippen molar-refractivity contribution >= 4 is 11.9 Å². The van der Waals surface area contributed by atoms with E-state index in [1.807, 2.05) is 13.8 Å². The highest BCUT2D eigenvalue weighted by Gasteiger charge is 2.30. The van der Waals surface area contributed by atoms with Gasteiger partial charge in [0.1, 0.15) is 0 Å². The standard InChI is InChI=1S/C21H32F3N5O/c1-3-11-26-19(30)9-12-27-20(25-4-2)28-18-10-13-29(15-18)14-16-5-7-17(8-6-16)21(22,23)24/h5-8,18H,3-4,9-15H2,1-2H3,(H,26,30)(H2,25,27,28). The van der Waals surface area contributed by atoms with Crippen LogP contribution in [-0.4, -0.2) is 55.5 Å². The number of guanidine groups is 1. The molecule has 1 saturated heterocycles. The van der Waals surface area contributed by atoms with Crippen molar-refractivity contribution in [3.8, 4) is 0 Å². The Morgan fingerprint density at radius 1 is 1.20 bits per heavy atom. The van der Waals surface area contributed by atoms with Gasteiger partial charge >= 0.3 is 6.18 Å². The van der Waals surface area contributed by atoms with Gasteiger partial charge in [0.25, 0.3) is 0 Å². The van der Waals surface area contributed by atoms with E-state index in [0.717, 1.165) is 50.2 Å². The number of halogens is 3. The van der Waals surface area contributed by atoms with Gasteiger partial charge in [-0.15, -0.1) is 0 Å². The smallest absolute Gasteiger partial charge is 0.357 e. The van der Waals surface area contributed by atoms with Crippen molar-refractivity contribution in [1.82, 2.24) is 20.9 Å². The number of amides is 1. The molecule has 3 N–H and O–H groups in total. The first-order valence-electron chi connectivity index (χ1n) is 10.5. The van der Waals surface area contributed by atoms with Crippen molar-refractivity contribution in [2.75, 3.05) is 32.7 Å². The minimum absolute atomic E-state index is 0.0000292. The minimum atomic E-state index is -4.31. The number of aliphatic imine (C=N–C) groups is 1. The Hall–Kier alpha value is -2.29. The summed E-state index contributed by atoms with van der Waals surface area (Å²) in [6, 6.07) is 5.55. The number of carbonyl (C=O) groups excluding carboxylic acids is 1. The van der Waals surface area contributed by atoms with Crippen LogP contribution in [0, 0.1) is 0 Å². The summed E-state index contributed by atoms with van der Waals surface area (Å²) < 4.78 is 38.1. The van der Waals surface area contributed by atoms with Gasteiger partial charge in [-0.25, -0.2) is 0 Å². The number of likely N-dealkylation sites (tertiary alicyclic amines) is 1. The summed E-state index contributed by atoms with van der Waals surface area (Å²) in [4.78, 5) is 18.4. The van der Waals surface area contributed by atoms with E-state index in [-0.39, 0.29) is 11.9 Å². The third-order valence-electron chi connectivity index (χ3n) is 4.83. The molecule has 9 heteroatoms. The summed E-state index contributed by atoms with van der Waals surface area (Å²) in [6.45, 7) is 8.05. The number of hydrogen-bond acceptors (Lipinski definition) is 3. The average molecular weight is 428 g/mol. The Morgan fingerprint density at radius 3 is 2.57 bits per heavy atom. The molecular weight excluding hydrogens is 395 g/mol. The van der Waals surface area contributed by atoms with E-state index in [4.69, 9.17) is 0 Å². The second-order valence-corrected chi connectivity index (χ2v) is 7.42. The first-order chi connectivity index (χ1) is 14.3. The summed E-state index contributed by atoms with van der Waals surface area (Å²) in [5.74, 6) is 0.683. The van der Waals surface area contributed by atoms with Gasteiger partial charge in [-0.1, -0.05) is 19.1 Å². The van der Waals surface area contributed by atoms with Gasteiger partial charge < -0.3 is 16.0 Å². The first kappa shape index (κ1) is 24.0. The molecule has 1 fully saturated rings. The van der Waals surface area contributed by atoms with Crippen LogP contribution >= 0.6 is 0 Å². The molecule has 0 aromatic heterocycles. The summed E-state index contributed by atoms with van der Waals surface area (Å²) in [5.41, 5.74) is 0.240. The van der Waals surface area contributed by atoms with Crippen LogP contribution in [-0.2, 0) is 17.5 Å². The van der Waals surface area contributed by atoms with E-state index >= 15 is 0 Å². The van der Waals surface area contributed by atoms with Crippen LogP contribution in [0.1, 0.15) is 44.2 Å². The number of nitrogens with one attached hydrogen (secondary N) is 3. The lowest BCUT2D eigenvalue weighted by Gasteiger charge is -2.19. The maximum atomic E-state index is 12.7. The average Bonchev–Trinajstić information content (AvgIpc) is 3.13. The summed E-state index contributed by atoms with van der Waals surface area (Å²) in [5, 5.41) is 9.42. The zero-order valence-electron chi connectivity index (χ0n) is 17.7. The maximum Gasteiger partial charge on any atom is 0.416 e. The normalized spacial score (nSPS) is 17.8. The molecule has 0 spiro atoms. The Kier molecular flexibility index (Phi) is 9.42. The van der Waals surface area contributed by atoms with Crippen LogP contribution in [0.25, 0.3) is 0 Å². The molecule has 1 aromatic carbocycles. The van der Waals surface area contributed by atoms with Crippen LogP contribution in [0.4, 0.5) is 13.2 Å². The molecule has 1 heterocycles. The van der Waals surface area contributed by atoms with Crippen LogP contribution in [0.5, 0.6) is 0 Å². The predicted octanol–water partition coefficient (Wildman–Crippen LogP) is 2.75. The zero-order chi connectivity index (χ0) is 22.0. The Bertz CT molecular complexity index is 691. The molecule has 2 rings (SSSR count). The number of benzene rings is 1. The number of alkyl halides is 3. The quantitative estimate of drug-likeness (QED) is 0.419. The van der Waals surface area contributed by atoms with E-state index < -0.39 is 11.7 Å². The van der Waals surface area contributed by atoms with Gasteiger partial charge in [-0.2, -0.15) is 13.2 Å². The molecule has 30 heavy (non-hydrogen) atoms. The van der Waals surface area contributed by atoms with E-state index in [1.165, 1.54) is 0 Å². The zero-order valence-corrected chi connectivity index (χ0v) is 17.7. The van der Waals surface area contributed by atoms with Gasteiger partial charge in [0.2, 0.25) is 5.91 Å². The third kappa shape index (κ3) is 8.22. The van der Waals surface area contributed by atoms with Crippen molar-refractivity contribution in [2.45, 2.75) is 51.9 Å². The maximum absolute atomic E-state index is 12.7.